The van der Waals surface area contributed by atoms with Crippen LogP contribution in [-0.4, -0.2) is 17.9 Å². The first-order valence-corrected chi connectivity index (χ1v) is 7.74. The van der Waals surface area contributed by atoms with Gasteiger partial charge in [0.1, 0.15) is 6.10 Å². The van der Waals surface area contributed by atoms with Gasteiger partial charge in [0.2, 0.25) is 0 Å². The second kappa shape index (κ2) is 6.80. The van der Waals surface area contributed by atoms with Crippen LogP contribution in [0.3, 0.4) is 0 Å². The molecular formula is C19H15ClO3. The Hall–Kier alpha value is -2.39. The number of hydrogen-bond acceptors (Lipinski definition) is 3. The van der Waals surface area contributed by atoms with E-state index in [1.807, 2.05) is 36.4 Å². The van der Waals surface area contributed by atoms with Gasteiger partial charge in [0.05, 0.1) is 0 Å². The molecule has 0 amide bonds. The van der Waals surface area contributed by atoms with Gasteiger partial charge in [-0.1, -0.05) is 60.1 Å². The number of esters is 1. The summed E-state index contributed by atoms with van der Waals surface area (Å²) in [6.45, 7) is 0. The minimum absolute atomic E-state index is 0.00753. The smallest absolute Gasteiger partial charge is 0.331 e. The zero-order chi connectivity index (χ0) is 16.2. The zero-order valence-electron chi connectivity index (χ0n) is 12.3. The highest BCUT2D eigenvalue weighted by atomic mass is 35.5. The summed E-state index contributed by atoms with van der Waals surface area (Å²) >= 11 is 6.29. The highest BCUT2D eigenvalue weighted by molar-refractivity contribution is 6.31. The van der Waals surface area contributed by atoms with Crippen LogP contribution in [0.1, 0.15) is 28.3 Å². The first kappa shape index (κ1) is 15.5. The number of carbonyl (C=O) groups excluding carboxylic acids is 2. The van der Waals surface area contributed by atoms with Gasteiger partial charge in [-0.15, -0.1) is 0 Å². The van der Waals surface area contributed by atoms with E-state index in [1.54, 1.807) is 24.3 Å². The molecule has 0 N–H and O–H groups in total. The van der Waals surface area contributed by atoms with Gasteiger partial charge < -0.3 is 4.74 Å². The number of ether oxygens (including phenoxy) is 1. The van der Waals surface area contributed by atoms with Gasteiger partial charge in [-0.2, -0.15) is 0 Å². The lowest BCUT2D eigenvalue weighted by Crippen LogP contribution is -2.22. The van der Waals surface area contributed by atoms with Crippen LogP contribution in [0, 0.1) is 0 Å². The van der Waals surface area contributed by atoms with E-state index in [1.165, 1.54) is 6.08 Å². The maximum atomic E-state index is 12.6. The molecule has 3 rings (SSSR count). The van der Waals surface area contributed by atoms with Crippen molar-refractivity contribution >= 4 is 23.4 Å². The van der Waals surface area contributed by atoms with Crippen LogP contribution >= 0.6 is 11.6 Å². The molecule has 0 aliphatic carbocycles. The molecule has 23 heavy (non-hydrogen) atoms. The molecule has 116 valence electrons. The van der Waals surface area contributed by atoms with E-state index in [-0.39, 0.29) is 24.1 Å². The Balaban J connectivity index is 1.90. The van der Waals surface area contributed by atoms with E-state index in [4.69, 9.17) is 16.3 Å². The summed E-state index contributed by atoms with van der Waals surface area (Å²) in [6, 6.07) is 16.4. The molecule has 1 aliphatic rings. The van der Waals surface area contributed by atoms with Gasteiger partial charge >= 0.3 is 5.97 Å². The van der Waals surface area contributed by atoms with Crippen molar-refractivity contribution in [2.45, 2.75) is 18.4 Å². The second-order valence-corrected chi connectivity index (χ2v) is 5.79. The van der Waals surface area contributed by atoms with Gasteiger partial charge in [0.25, 0.3) is 0 Å². The lowest BCUT2D eigenvalue weighted by atomic mass is 9.87. The average Bonchev–Trinajstić information content (AvgIpc) is 3.00. The van der Waals surface area contributed by atoms with E-state index in [0.717, 1.165) is 5.56 Å². The van der Waals surface area contributed by atoms with Crippen LogP contribution < -0.4 is 0 Å². The fraction of sp³-hybridized carbons (Fsp3) is 0.158. The molecule has 4 heteroatoms. The summed E-state index contributed by atoms with van der Waals surface area (Å²) in [7, 11) is 0. The van der Waals surface area contributed by atoms with E-state index in [9.17, 15) is 9.59 Å². The molecule has 0 aromatic heterocycles. The highest BCUT2D eigenvalue weighted by Crippen LogP contribution is 2.34. The van der Waals surface area contributed by atoms with Crippen LogP contribution in [0.25, 0.3) is 0 Å². The van der Waals surface area contributed by atoms with Gasteiger partial charge in [-0.05, 0) is 17.7 Å². The molecule has 0 fully saturated rings. The van der Waals surface area contributed by atoms with Crippen molar-refractivity contribution in [1.29, 1.82) is 0 Å². The van der Waals surface area contributed by atoms with Gasteiger partial charge in [-0.25, -0.2) is 4.79 Å². The van der Waals surface area contributed by atoms with E-state index < -0.39 is 6.10 Å². The Labute approximate surface area is 139 Å². The Morgan fingerprint density at radius 1 is 1.09 bits per heavy atom. The maximum absolute atomic E-state index is 12.6. The molecule has 0 spiro atoms. The number of ketones is 1. The zero-order valence-corrected chi connectivity index (χ0v) is 13.1. The van der Waals surface area contributed by atoms with Crippen LogP contribution in [0.15, 0.2) is 66.7 Å². The number of hydrogen-bond donors (Lipinski definition) is 0. The lowest BCUT2D eigenvalue weighted by molar-refractivity contribution is -0.139. The molecule has 3 nitrogen and oxygen atoms in total. The van der Waals surface area contributed by atoms with Crippen LogP contribution in [0.4, 0.5) is 0 Å². The lowest BCUT2D eigenvalue weighted by Gasteiger charge is -2.22. The van der Waals surface area contributed by atoms with Crippen molar-refractivity contribution < 1.29 is 14.3 Å². The summed E-state index contributed by atoms with van der Waals surface area (Å²) in [5, 5.41) is 0.565. The number of cyclic esters (lactones) is 1. The second-order valence-electron chi connectivity index (χ2n) is 5.38. The molecule has 0 bridgehead atoms. The minimum Gasteiger partial charge on any atom is -0.454 e. The standard InChI is InChI=1S/C19H15ClO3/c20-16-9-5-4-8-14(16)15(18-10-11-19(22)23-18)12-17(21)13-6-2-1-3-7-13/h1-11,15,18H,12H2/t15-,18+/m1/s1. The minimum atomic E-state index is -0.477. The van der Waals surface area contributed by atoms with Crippen molar-refractivity contribution in [2.75, 3.05) is 0 Å². The molecule has 0 unspecified atom stereocenters. The Bertz CT molecular complexity index is 752. The molecule has 2 aromatic carbocycles. The summed E-state index contributed by atoms with van der Waals surface area (Å²) < 4.78 is 5.31. The van der Waals surface area contributed by atoms with Gasteiger partial charge in [-0.3, -0.25) is 4.79 Å². The number of carbonyl (C=O) groups is 2. The number of Topliss-reactive ketones (excluding diaryl/α,β-unsaturated/α-hetero) is 1. The quantitative estimate of drug-likeness (QED) is 0.611. The predicted octanol–water partition coefficient (Wildman–Crippen LogP) is 4.18. The third-order valence-electron chi connectivity index (χ3n) is 3.88. The topological polar surface area (TPSA) is 43.4 Å². The molecule has 0 saturated heterocycles. The average molecular weight is 327 g/mol. The normalized spacial score (nSPS) is 17.8. The SMILES string of the molecule is O=C1C=C[C@@H]([C@H](CC(=O)c2ccccc2)c2ccccc2Cl)O1. The van der Waals surface area contributed by atoms with Crippen molar-refractivity contribution in [3.05, 3.63) is 82.9 Å². The first-order valence-electron chi connectivity index (χ1n) is 7.36. The summed E-state index contributed by atoms with van der Waals surface area (Å²) in [5.74, 6) is -0.704. The van der Waals surface area contributed by atoms with E-state index >= 15 is 0 Å². The van der Waals surface area contributed by atoms with Crippen molar-refractivity contribution in [3.63, 3.8) is 0 Å². The first-order chi connectivity index (χ1) is 11.1. The number of rotatable bonds is 5. The summed E-state index contributed by atoms with van der Waals surface area (Å²) in [4.78, 5) is 24.0. The van der Waals surface area contributed by atoms with Crippen molar-refractivity contribution in [3.8, 4) is 0 Å². The summed E-state index contributed by atoms with van der Waals surface area (Å²) in [6.07, 6.45) is 2.82. The van der Waals surface area contributed by atoms with Crippen molar-refractivity contribution in [2.24, 2.45) is 0 Å². The molecule has 1 heterocycles. The highest BCUT2D eigenvalue weighted by Gasteiger charge is 2.31. The molecular weight excluding hydrogens is 312 g/mol. The largest absolute Gasteiger partial charge is 0.454 e. The third-order valence-corrected chi connectivity index (χ3v) is 4.22. The molecule has 0 radical (unpaired) electrons. The van der Waals surface area contributed by atoms with Gasteiger partial charge in [0, 0.05) is 29.0 Å². The number of benzene rings is 2. The van der Waals surface area contributed by atoms with Crippen LogP contribution in [0.2, 0.25) is 5.02 Å². The Morgan fingerprint density at radius 2 is 1.78 bits per heavy atom. The van der Waals surface area contributed by atoms with E-state index in [0.29, 0.717) is 10.6 Å². The Kier molecular flexibility index (Phi) is 4.58. The van der Waals surface area contributed by atoms with Crippen LogP contribution in [0.5, 0.6) is 0 Å². The van der Waals surface area contributed by atoms with E-state index in [2.05, 4.69) is 0 Å². The maximum Gasteiger partial charge on any atom is 0.331 e. The van der Waals surface area contributed by atoms with Gasteiger partial charge in [0.15, 0.2) is 5.78 Å². The summed E-state index contributed by atoms with van der Waals surface area (Å²) in [5.41, 5.74) is 1.45. The Morgan fingerprint density at radius 3 is 2.43 bits per heavy atom. The fourth-order valence-electron chi connectivity index (χ4n) is 2.72. The molecule has 2 atom stereocenters. The molecule has 2 aromatic rings. The molecule has 0 saturated carbocycles. The predicted molar refractivity (Wildman–Crippen MR) is 88.6 cm³/mol. The van der Waals surface area contributed by atoms with Crippen molar-refractivity contribution in [1.82, 2.24) is 0 Å². The van der Waals surface area contributed by atoms with Crippen LogP contribution in [-0.2, 0) is 9.53 Å². The fourth-order valence-corrected chi connectivity index (χ4v) is 3.00. The number of halogens is 1. The third kappa shape index (κ3) is 3.51. The molecule has 1 aliphatic heterocycles. The monoisotopic (exact) mass is 326 g/mol.